The Hall–Kier alpha value is -0.960. The summed E-state index contributed by atoms with van der Waals surface area (Å²) in [6.07, 6.45) is 10.1. The topological polar surface area (TPSA) is 33.1 Å². The van der Waals surface area contributed by atoms with E-state index in [2.05, 4.69) is 4.98 Å². The van der Waals surface area contributed by atoms with E-state index >= 15 is 0 Å². The van der Waals surface area contributed by atoms with Gasteiger partial charge in [-0.05, 0) is 18.4 Å². The van der Waals surface area contributed by atoms with Gasteiger partial charge in [0, 0.05) is 11.8 Å². The van der Waals surface area contributed by atoms with Crippen LogP contribution < -0.4 is 0 Å². The Morgan fingerprint density at radius 1 is 1.29 bits per heavy atom. The minimum atomic E-state index is -0.680. The summed E-state index contributed by atoms with van der Waals surface area (Å²) in [5.41, 5.74) is 0.393. The molecule has 1 atom stereocenters. The summed E-state index contributed by atoms with van der Waals surface area (Å²) in [5, 5.41) is 10.1. The average molecular weight is 237 g/mol. The average Bonchev–Trinajstić information content (AvgIpc) is 2.58. The number of aromatic nitrogens is 1. The first-order valence-corrected chi connectivity index (χ1v) is 6.55. The molecule has 94 valence electrons. The molecule has 0 amide bonds. The predicted molar refractivity (Wildman–Crippen MR) is 65.0 cm³/mol. The number of aliphatic hydroxyl groups excluding tert-OH is 1. The molecule has 1 aromatic rings. The number of pyridine rings is 1. The van der Waals surface area contributed by atoms with E-state index in [0.717, 1.165) is 0 Å². The highest BCUT2D eigenvalue weighted by Gasteiger charge is 2.19. The van der Waals surface area contributed by atoms with Crippen molar-refractivity contribution in [2.24, 2.45) is 5.92 Å². The SMILES string of the molecule is OC(CC1CCCCCC1)c1ccncc1F. The van der Waals surface area contributed by atoms with Crippen molar-refractivity contribution in [3.63, 3.8) is 0 Å². The largest absolute Gasteiger partial charge is 0.388 e. The van der Waals surface area contributed by atoms with Crippen LogP contribution in [0.1, 0.15) is 56.6 Å². The van der Waals surface area contributed by atoms with E-state index < -0.39 is 11.9 Å². The Morgan fingerprint density at radius 3 is 2.65 bits per heavy atom. The molecule has 2 rings (SSSR count). The molecule has 0 radical (unpaired) electrons. The Kier molecular flexibility index (Phi) is 4.49. The van der Waals surface area contributed by atoms with E-state index in [9.17, 15) is 9.50 Å². The molecule has 1 unspecified atom stereocenters. The highest BCUT2D eigenvalue weighted by Crippen LogP contribution is 2.31. The summed E-state index contributed by atoms with van der Waals surface area (Å²) in [5.74, 6) is 0.147. The lowest BCUT2D eigenvalue weighted by Gasteiger charge is -2.18. The van der Waals surface area contributed by atoms with Crippen LogP contribution in [0.25, 0.3) is 0 Å². The summed E-state index contributed by atoms with van der Waals surface area (Å²) in [6, 6.07) is 1.58. The third kappa shape index (κ3) is 3.50. The van der Waals surface area contributed by atoms with Gasteiger partial charge in [0.05, 0.1) is 12.3 Å². The second-order valence-corrected chi connectivity index (χ2v) is 5.01. The molecule has 1 heterocycles. The normalized spacial score (nSPS) is 19.9. The molecule has 3 heteroatoms. The molecule has 0 saturated heterocycles. The van der Waals surface area contributed by atoms with E-state index in [-0.39, 0.29) is 0 Å². The molecule has 1 saturated carbocycles. The molecule has 0 aromatic carbocycles. The number of halogens is 1. The first kappa shape index (κ1) is 12.5. The van der Waals surface area contributed by atoms with Crippen molar-refractivity contribution >= 4 is 0 Å². The van der Waals surface area contributed by atoms with Crippen LogP contribution in [0.4, 0.5) is 4.39 Å². The number of aliphatic hydroxyl groups is 1. The summed E-state index contributed by atoms with van der Waals surface area (Å²) in [7, 11) is 0. The van der Waals surface area contributed by atoms with Crippen LogP contribution >= 0.6 is 0 Å². The van der Waals surface area contributed by atoms with Crippen molar-refractivity contribution in [1.82, 2.24) is 4.98 Å². The first-order valence-electron chi connectivity index (χ1n) is 6.55. The zero-order valence-corrected chi connectivity index (χ0v) is 10.1. The lowest BCUT2D eigenvalue weighted by molar-refractivity contribution is 0.135. The standard InChI is InChI=1S/C14H20FNO/c15-13-10-16-8-7-12(13)14(17)9-11-5-3-1-2-4-6-11/h7-8,10-11,14,17H,1-6,9H2. The van der Waals surface area contributed by atoms with E-state index in [1.807, 2.05) is 0 Å². The fourth-order valence-electron chi connectivity index (χ4n) is 2.70. The van der Waals surface area contributed by atoms with Gasteiger partial charge in [-0.1, -0.05) is 38.5 Å². The number of hydrogen-bond acceptors (Lipinski definition) is 2. The highest BCUT2D eigenvalue weighted by molar-refractivity contribution is 5.15. The molecule has 1 N–H and O–H groups in total. The fourth-order valence-corrected chi connectivity index (χ4v) is 2.70. The van der Waals surface area contributed by atoms with Crippen LogP contribution in [-0.4, -0.2) is 10.1 Å². The van der Waals surface area contributed by atoms with Crippen molar-refractivity contribution in [2.75, 3.05) is 0 Å². The van der Waals surface area contributed by atoms with Crippen molar-refractivity contribution in [3.8, 4) is 0 Å². The summed E-state index contributed by atoms with van der Waals surface area (Å²) < 4.78 is 13.5. The van der Waals surface area contributed by atoms with Gasteiger partial charge in [0.15, 0.2) is 0 Å². The van der Waals surface area contributed by atoms with Crippen molar-refractivity contribution in [3.05, 3.63) is 29.8 Å². The molecule has 1 aliphatic rings. The zero-order chi connectivity index (χ0) is 12.1. The summed E-state index contributed by atoms with van der Waals surface area (Å²) >= 11 is 0. The van der Waals surface area contributed by atoms with Crippen LogP contribution in [0.3, 0.4) is 0 Å². The molecule has 1 fully saturated rings. The van der Waals surface area contributed by atoms with Crippen molar-refractivity contribution in [1.29, 1.82) is 0 Å². The van der Waals surface area contributed by atoms with Crippen LogP contribution in [0.15, 0.2) is 18.5 Å². The Balaban J connectivity index is 1.96. The van der Waals surface area contributed by atoms with Crippen LogP contribution in [0, 0.1) is 11.7 Å². The van der Waals surface area contributed by atoms with Gasteiger partial charge in [0.1, 0.15) is 5.82 Å². The second kappa shape index (κ2) is 6.10. The molecule has 1 aliphatic carbocycles. The molecule has 17 heavy (non-hydrogen) atoms. The Bertz CT molecular complexity index is 348. The highest BCUT2D eigenvalue weighted by atomic mass is 19.1. The van der Waals surface area contributed by atoms with Gasteiger partial charge >= 0.3 is 0 Å². The van der Waals surface area contributed by atoms with Gasteiger partial charge < -0.3 is 5.11 Å². The maximum absolute atomic E-state index is 13.5. The van der Waals surface area contributed by atoms with Crippen LogP contribution in [0.5, 0.6) is 0 Å². The van der Waals surface area contributed by atoms with E-state index in [1.54, 1.807) is 6.07 Å². The quantitative estimate of drug-likeness (QED) is 0.814. The third-order valence-electron chi connectivity index (χ3n) is 3.69. The van der Waals surface area contributed by atoms with Gasteiger partial charge in [-0.3, -0.25) is 4.98 Å². The maximum atomic E-state index is 13.5. The molecule has 0 bridgehead atoms. The first-order chi connectivity index (χ1) is 8.27. The van der Waals surface area contributed by atoms with E-state index in [4.69, 9.17) is 0 Å². The number of rotatable bonds is 3. The molecule has 1 aromatic heterocycles. The van der Waals surface area contributed by atoms with Gasteiger partial charge in [0.2, 0.25) is 0 Å². The molecule has 0 aliphatic heterocycles. The lowest BCUT2D eigenvalue weighted by atomic mass is 9.91. The lowest BCUT2D eigenvalue weighted by Crippen LogP contribution is -2.08. The third-order valence-corrected chi connectivity index (χ3v) is 3.69. The Morgan fingerprint density at radius 2 is 2.00 bits per heavy atom. The van der Waals surface area contributed by atoms with E-state index in [0.29, 0.717) is 17.9 Å². The molecule has 0 spiro atoms. The number of hydrogen-bond donors (Lipinski definition) is 1. The Labute approximate surface area is 102 Å². The predicted octanol–water partition coefficient (Wildman–Crippen LogP) is 3.61. The van der Waals surface area contributed by atoms with Gasteiger partial charge in [0.25, 0.3) is 0 Å². The summed E-state index contributed by atoms with van der Waals surface area (Å²) in [4.78, 5) is 3.70. The van der Waals surface area contributed by atoms with Crippen LogP contribution in [-0.2, 0) is 0 Å². The zero-order valence-electron chi connectivity index (χ0n) is 10.1. The van der Waals surface area contributed by atoms with Gasteiger partial charge in [-0.2, -0.15) is 0 Å². The fraction of sp³-hybridized carbons (Fsp3) is 0.643. The molecular formula is C14H20FNO. The maximum Gasteiger partial charge on any atom is 0.147 e. The summed E-state index contributed by atoms with van der Waals surface area (Å²) in [6.45, 7) is 0. The minimum absolute atomic E-state index is 0.393. The monoisotopic (exact) mass is 237 g/mol. The minimum Gasteiger partial charge on any atom is -0.388 e. The van der Waals surface area contributed by atoms with Gasteiger partial charge in [-0.25, -0.2) is 4.39 Å². The molecular weight excluding hydrogens is 217 g/mol. The second-order valence-electron chi connectivity index (χ2n) is 5.01. The van der Waals surface area contributed by atoms with Crippen LogP contribution in [0.2, 0.25) is 0 Å². The van der Waals surface area contributed by atoms with Crippen molar-refractivity contribution in [2.45, 2.75) is 51.0 Å². The molecule has 2 nitrogen and oxygen atoms in total. The van der Waals surface area contributed by atoms with E-state index in [1.165, 1.54) is 50.9 Å². The number of nitrogens with zero attached hydrogens (tertiary/aromatic N) is 1. The smallest absolute Gasteiger partial charge is 0.147 e. The van der Waals surface area contributed by atoms with Crippen molar-refractivity contribution < 1.29 is 9.50 Å². The van der Waals surface area contributed by atoms with Gasteiger partial charge in [-0.15, -0.1) is 0 Å².